The Kier molecular flexibility index (Phi) is 3.71. The van der Waals surface area contributed by atoms with Crippen molar-refractivity contribution in [1.29, 1.82) is 0 Å². The molecule has 5 nitrogen and oxygen atoms in total. The van der Waals surface area contributed by atoms with E-state index in [1.807, 2.05) is 0 Å². The zero-order chi connectivity index (χ0) is 15.3. The fourth-order valence-corrected chi connectivity index (χ4v) is 7.40. The Hall–Kier alpha value is -0.630. The highest BCUT2D eigenvalue weighted by molar-refractivity contribution is 7.91. The van der Waals surface area contributed by atoms with Crippen molar-refractivity contribution < 1.29 is 13.2 Å². The Bertz CT molecular complexity index is 657. The summed E-state index contributed by atoms with van der Waals surface area (Å²) in [4.78, 5) is 2.59. The monoisotopic (exact) mass is 342 g/mol. The van der Waals surface area contributed by atoms with Gasteiger partial charge >= 0.3 is 0 Å². The number of thiophene rings is 1. The molecule has 3 atom stereocenters. The Labute approximate surface area is 135 Å². The predicted molar refractivity (Wildman–Crippen MR) is 85.8 cm³/mol. The molecule has 1 aromatic heterocycles. The molecule has 0 spiro atoms. The fourth-order valence-electron chi connectivity index (χ4n) is 4.45. The molecule has 4 heterocycles. The topological polar surface area (TPSA) is 49.9 Å². The van der Waals surface area contributed by atoms with Gasteiger partial charge in [-0.3, -0.25) is 4.90 Å². The maximum Gasteiger partial charge on any atom is 0.256 e. The van der Waals surface area contributed by atoms with Crippen LogP contribution in [0.1, 0.15) is 19.3 Å². The van der Waals surface area contributed by atoms with E-state index in [0.717, 1.165) is 6.54 Å². The van der Waals surface area contributed by atoms with Gasteiger partial charge in [-0.2, -0.15) is 4.31 Å². The highest BCUT2D eigenvalue weighted by atomic mass is 32.2. The number of fused-ring (bicyclic) bond motifs is 3. The SMILES string of the molecule is COc1ccsc1S(=O)(=O)N1C[C@@H]2CN3CCCC[C@@H]3[C@H]2C1. The van der Waals surface area contributed by atoms with E-state index in [0.29, 0.717) is 40.9 Å². The molecule has 22 heavy (non-hydrogen) atoms. The van der Waals surface area contributed by atoms with Gasteiger partial charge in [0.05, 0.1) is 7.11 Å². The average Bonchev–Trinajstić information content (AvgIpc) is 3.20. The van der Waals surface area contributed by atoms with Crippen LogP contribution in [0.15, 0.2) is 15.7 Å². The maximum atomic E-state index is 12.9. The third kappa shape index (κ3) is 2.21. The first-order valence-electron chi connectivity index (χ1n) is 7.97. The van der Waals surface area contributed by atoms with Crippen LogP contribution < -0.4 is 4.74 Å². The summed E-state index contributed by atoms with van der Waals surface area (Å²) in [5, 5.41) is 1.78. The molecule has 3 aliphatic heterocycles. The second-order valence-corrected chi connectivity index (χ2v) is 9.63. The van der Waals surface area contributed by atoms with Gasteiger partial charge in [-0.15, -0.1) is 11.3 Å². The summed E-state index contributed by atoms with van der Waals surface area (Å²) in [5.41, 5.74) is 0. The van der Waals surface area contributed by atoms with Crippen molar-refractivity contribution in [1.82, 2.24) is 9.21 Å². The second-order valence-electron chi connectivity index (χ2n) is 6.58. The van der Waals surface area contributed by atoms with Crippen LogP contribution in [0.5, 0.6) is 5.75 Å². The Morgan fingerprint density at radius 1 is 1.27 bits per heavy atom. The zero-order valence-corrected chi connectivity index (χ0v) is 14.4. The minimum absolute atomic E-state index is 0.357. The number of sulfonamides is 1. The lowest BCUT2D eigenvalue weighted by Crippen LogP contribution is -2.40. The summed E-state index contributed by atoms with van der Waals surface area (Å²) in [7, 11) is -1.88. The van der Waals surface area contributed by atoms with Crippen LogP contribution >= 0.6 is 11.3 Å². The molecule has 0 N–H and O–H groups in total. The van der Waals surface area contributed by atoms with Crippen molar-refractivity contribution in [2.24, 2.45) is 11.8 Å². The molecule has 0 amide bonds. The Morgan fingerprint density at radius 3 is 2.95 bits per heavy atom. The third-order valence-electron chi connectivity index (χ3n) is 5.48. The standard InChI is InChI=1S/C15H22N2O3S2/c1-20-14-5-7-21-15(14)22(18,19)17-9-11-8-16-6-3-2-4-13(16)12(11)10-17/h5,7,11-13H,2-4,6,8-10H2,1H3/t11-,12-,13+/m0/s1. The minimum Gasteiger partial charge on any atom is -0.494 e. The van der Waals surface area contributed by atoms with Gasteiger partial charge in [-0.1, -0.05) is 6.42 Å². The normalized spacial score (nSPS) is 32.9. The van der Waals surface area contributed by atoms with Crippen molar-refractivity contribution in [2.45, 2.75) is 29.5 Å². The zero-order valence-electron chi connectivity index (χ0n) is 12.8. The van der Waals surface area contributed by atoms with E-state index in [1.165, 1.54) is 44.3 Å². The number of rotatable bonds is 3. The van der Waals surface area contributed by atoms with Gasteiger partial charge in [0.15, 0.2) is 4.21 Å². The van der Waals surface area contributed by atoms with E-state index in [2.05, 4.69) is 4.90 Å². The van der Waals surface area contributed by atoms with Gasteiger partial charge < -0.3 is 4.74 Å². The molecule has 122 valence electrons. The second kappa shape index (κ2) is 5.47. The molecule has 3 aliphatic rings. The smallest absolute Gasteiger partial charge is 0.256 e. The van der Waals surface area contributed by atoms with Crippen molar-refractivity contribution in [3.8, 4) is 5.75 Å². The van der Waals surface area contributed by atoms with Gasteiger partial charge in [0, 0.05) is 25.7 Å². The third-order valence-corrected chi connectivity index (χ3v) is 8.73. The molecule has 4 rings (SSSR count). The number of methoxy groups -OCH3 is 1. The molecule has 0 aliphatic carbocycles. The molecule has 0 saturated carbocycles. The van der Waals surface area contributed by atoms with Crippen LogP contribution in [0.2, 0.25) is 0 Å². The van der Waals surface area contributed by atoms with Crippen molar-refractivity contribution in [3.05, 3.63) is 11.4 Å². The lowest BCUT2D eigenvalue weighted by Gasteiger charge is -2.33. The van der Waals surface area contributed by atoms with Gasteiger partial charge in [0.1, 0.15) is 5.75 Å². The summed E-state index contributed by atoms with van der Waals surface area (Å²) in [6.07, 6.45) is 3.82. The minimum atomic E-state index is -3.41. The van der Waals surface area contributed by atoms with Crippen LogP contribution in [-0.2, 0) is 10.0 Å². The van der Waals surface area contributed by atoms with Crippen LogP contribution in [0.4, 0.5) is 0 Å². The van der Waals surface area contributed by atoms with Crippen molar-refractivity contribution in [2.75, 3.05) is 33.3 Å². The number of hydrogen-bond acceptors (Lipinski definition) is 5. The average molecular weight is 342 g/mol. The van der Waals surface area contributed by atoms with Gasteiger partial charge in [0.25, 0.3) is 10.0 Å². The van der Waals surface area contributed by atoms with E-state index in [1.54, 1.807) is 15.8 Å². The number of nitrogens with zero attached hydrogens (tertiary/aromatic N) is 2. The van der Waals surface area contributed by atoms with Gasteiger partial charge in [-0.25, -0.2) is 8.42 Å². The quantitative estimate of drug-likeness (QED) is 0.841. The van der Waals surface area contributed by atoms with E-state index in [-0.39, 0.29) is 0 Å². The van der Waals surface area contributed by atoms with E-state index < -0.39 is 10.0 Å². The molecule has 1 aromatic rings. The number of piperidine rings is 1. The summed E-state index contributed by atoms with van der Waals surface area (Å²) in [6, 6.07) is 2.33. The summed E-state index contributed by atoms with van der Waals surface area (Å²) >= 11 is 1.25. The molecule has 7 heteroatoms. The molecule has 3 saturated heterocycles. The first-order valence-corrected chi connectivity index (χ1v) is 10.3. The van der Waals surface area contributed by atoms with Crippen LogP contribution in [0.25, 0.3) is 0 Å². The first-order chi connectivity index (χ1) is 10.6. The van der Waals surface area contributed by atoms with E-state index >= 15 is 0 Å². The predicted octanol–water partition coefficient (Wildman–Crippen LogP) is 1.86. The molecular weight excluding hydrogens is 320 g/mol. The van der Waals surface area contributed by atoms with E-state index in [4.69, 9.17) is 4.74 Å². The summed E-state index contributed by atoms with van der Waals surface area (Å²) < 4.78 is 33.1. The Morgan fingerprint density at radius 2 is 2.14 bits per heavy atom. The lowest BCUT2D eigenvalue weighted by atomic mass is 9.90. The summed E-state index contributed by atoms with van der Waals surface area (Å²) in [6.45, 7) is 3.61. The van der Waals surface area contributed by atoms with Crippen LogP contribution in [-0.4, -0.2) is 57.0 Å². The molecule has 0 aromatic carbocycles. The highest BCUT2D eigenvalue weighted by Gasteiger charge is 2.50. The first kappa shape index (κ1) is 14.9. The maximum absolute atomic E-state index is 12.9. The van der Waals surface area contributed by atoms with Crippen LogP contribution in [0, 0.1) is 11.8 Å². The van der Waals surface area contributed by atoms with Crippen LogP contribution in [0.3, 0.4) is 0 Å². The fraction of sp³-hybridized carbons (Fsp3) is 0.733. The molecule has 0 radical (unpaired) electrons. The molecule has 0 bridgehead atoms. The number of hydrogen-bond donors (Lipinski definition) is 0. The largest absolute Gasteiger partial charge is 0.494 e. The van der Waals surface area contributed by atoms with E-state index in [9.17, 15) is 8.42 Å². The van der Waals surface area contributed by atoms with Gasteiger partial charge in [0.2, 0.25) is 0 Å². The molecular formula is C15H22N2O3S2. The van der Waals surface area contributed by atoms with Gasteiger partial charge in [-0.05, 0) is 42.7 Å². The molecule has 3 fully saturated rings. The highest BCUT2D eigenvalue weighted by Crippen LogP contribution is 2.43. The molecule has 0 unspecified atom stereocenters. The number of ether oxygens (including phenoxy) is 1. The van der Waals surface area contributed by atoms with Crippen molar-refractivity contribution >= 4 is 21.4 Å². The Balaban J connectivity index is 1.56. The van der Waals surface area contributed by atoms with Crippen molar-refractivity contribution in [3.63, 3.8) is 0 Å². The summed E-state index contributed by atoms with van der Waals surface area (Å²) in [5.74, 6) is 1.49. The lowest BCUT2D eigenvalue weighted by molar-refractivity contribution is 0.165.